The molecule has 0 fully saturated rings. The molecule has 0 aromatic rings. The Kier molecular flexibility index (Phi) is 6.76. The molecule has 0 aromatic carbocycles. The molecule has 3 heteroatoms. The number of hydrogen-bond donors (Lipinski definition) is 1. The topological polar surface area (TPSA) is 46.5 Å². The van der Waals surface area contributed by atoms with E-state index in [4.69, 9.17) is 4.74 Å². The third-order valence-corrected chi connectivity index (χ3v) is 1.60. The summed E-state index contributed by atoms with van der Waals surface area (Å²) in [5.74, 6) is -0.305. The van der Waals surface area contributed by atoms with Crippen molar-refractivity contribution in [3.8, 4) is 0 Å². The summed E-state index contributed by atoms with van der Waals surface area (Å²) in [6.07, 6.45) is 2.30. The third kappa shape index (κ3) is 6.16. The van der Waals surface area contributed by atoms with Crippen LogP contribution >= 0.6 is 0 Å². The van der Waals surface area contributed by atoms with Crippen LogP contribution in [0, 0.1) is 0 Å². The zero-order chi connectivity index (χ0) is 9.40. The van der Waals surface area contributed by atoms with Gasteiger partial charge in [0.25, 0.3) is 0 Å². The van der Waals surface area contributed by atoms with E-state index in [0.717, 1.165) is 12.8 Å². The van der Waals surface area contributed by atoms with Gasteiger partial charge in [0, 0.05) is 0 Å². The van der Waals surface area contributed by atoms with E-state index in [2.05, 4.69) is 6.92 Å². The van der Waals surface area contributed by atoms with Crippen LogP contribution in [-0.4, -0.2) is 23.8 Å². The van der Waals surface area contributed by atoms with Crippen LogP contribution in [0.3, 0.4) is 0 Å². The molecule has 0 spiro atoms. The van der Waals surface area contributed by atoms with Crippen molar-refractivity contribution >= 4 is 5.97 Å². The van der Waals surface area contributed by atoms with Crippen molar-refractivity contribution in [2.45, 2.75) is 45.6 Å². The van der Waals surface area contributed by atoms with Crippen LogP contribution in [0.4, 0.5) is 0 Å². The standard InChI is InChI=1S/C9H18O3/c1-3-5-6-8(10)7-9(11)12-4-2/h8,10H,3-7H2,1-2H3/t8-/m1/s1. The molecule has 0 saturated heterocycles. The molecule has 0 aliphatic rings. The molecular weight excluding hydrogens is 156 g/mol. The lowest BCUT2D eigenvalue weighted by molar-refractivity contribution is -0.145. The van der Waals surface area contributed by atoms with Gasteiger partial charge in [-0.3, -0.25) is 4.79 Å². The lowest BCUT2D eigenvalue weighted by atomic mass is 10.1. The molecule has 0 radical (unpaired) electrons. The van der Waals surface area contributed by atoms with Gasteiger partial charge in [-0.15, -0.1) is 0 Å². The van der Waals surface area contributed by atoms with E-state index in [1.807, 2.05) is 0 Å². The number of rotatable bonds is 6. The maximum absolute atomic E-state index is 10.8. The minimum atomic E-state index is -0.524. The van der Waals surface area contributed by atoms with Crippen molar-refractivity contribution in [3.63, 3.8) is 0 Å². The van der Waals surface area contributed by atoms with Crippen molar-refractivity contribution in [2.24, 2.45) is 0 Å². The number of aliphatic hydroxyl groups excluding tert-OH is 1. The molecule has 0 aromatic heterocycles. The van der Waals surface area contributed by atoms with Crippen molar-refractivity contribution in [3.05, 3.63) is 0 Å². The highest BCUT2D eigenvalue weighted by atomic mass is 16.5. The lowest BCUT2D eigenvalue weighted by Crippen LogP contribution is -2.15. The fourth-order valence-corrected chi connectivity index (χ4v) is 0.954. The van der Waals surface area contributed by atoms with Crippen LogP contribution in [0.5, 0.6) is 0 Å². The largest absolute Gasteiger partial charge is 0.466 e. The first-order valence-electron chi connectivity index (χ1n) is 4.54. The van der Waals surface area contributed by atoms with E-state index in [-0.39, 0.29) is 12.4 Å². The number of unbranched alkanes of at least 4 members (excludes halogenated alkanes) is 1. The van der Waals surface area contributed by atoms with Crippen molar-refractivity contribution < 1.29 is 14.6 Å². The molecule has 1 atom stereocenters. The molecule has 12 heavy (non-hydrogen) atoms. The summed E-state index contributed by atoms with van der Waals surface area (Å²) in [5, 5.41) is 9.28. The number of hydrogen-bond acceptors (Lipinski definition) is 3. The Morgan fingerprint density at radius 3 is 2.67 bits per heavy atom. The fourth-order valence-electron chi connectivity index (χ4n) is 0.954. The number of ether oxygens (including phenoxy) is 1. The number of aliphatic hydroxyl groups is 1. The minimum absolute atomic E-state index is 0.133. The van der Waals surface area contributed by atoms with Crippen LogP contribution < -0.4 is 0 Å². The maximum atomic E-state index is 10.8. The Bertz CT molecular complexity index is 123. The highest BCUT2D eigenvalue weighted by molar-refractivity contribution is 5.69. The van der Waals surface area contributed by atoms with Gasteiger partial charge in [-0.1, -0.05) is 19.8 Å². The predicted octanol–water partition coefficient (Wildman–Crippen LogP) is 1.49. The highest BCUT2D eigenvalue weighted by Crippen LogP contribution is 2.04. The van der Waals surface area contributed by atoms with E-state index in [1.165, 1.54) is 0 Å². The van der Waals surface area contributed by atoms with Gasteiger partial charge in [0.1, 0.15) is 0 Å². The number of esters is 1. The van der Waals surface area contributed by atoms with E-state index in [9.17, 15) is 9.90 Å². The predicted molar refractivity (Wildman–Crippen MR) is 46.8 cm³/mol. The van der Waals surface area contributed by atoms with Crippen LogP contribution in [-0.2, 0) is 9.53 Å². The monoisotopic (exact) mass is 174 g/mol. The van der Waals surface area contributed by atoms with Gasteiger partial charge in [-0.25, -0.2) is 0 Å². The van der Waals surface area contributed by atoms with Crippen LogP contribution in [0.25, 0.3) is 0 Å². The molecule has 0 aliphatic heterocycles. The Hall–Kier alpha value is -0.570. The Balaban J connectivity index is 3.40. The summed E-state index contributed by atoms with van der Waals surface area (Å²) in [5.41, 5.74) is 0. The Morgan fingerprint density at radius 2 is 2.17 bits per heavy atom. The van der Waals surface area contributed by atoms with Gasteiger partial charge in [-0.2, -0.15) is 0 Å². The molecule has 0 heterocycles. The average Bonchev–Trinajstić information content (AvgIpc) is 2.01. The van der Waals surface area contributed by atoms with E-state index in [1.54, 1.807) is 6.92 Å². The lowest BCUT2D eigenvalue weighted by Gasteiger charge is -2.08. The van der Waals surface area contributed by atoms with Crippen molar-refractivity contribution in [2.75, 3.05) is 6.61 Å². The third-order valence-electron chi connectivity index (χ3n) is 1.60. The molecule has 72 valence electrons. The highest BCUT2D eigenvalue weighted by Gasteiger charge is 2.10. The van der Waals surface area contributed by atoms with E-state index >= 15 is 0 Å². The zero-order valence-electron chi connectivity index (χ0n) is 7.88. The second-order valence-electron chi connectivity index (χ2n) is 2.81. The van der Waals surface area contributed by atoms with Crippen molar-refractivity contribution in [1.29, 1.82) is 0 Å². The molecule has 0 unspecified atom stereocenters. The van der Waals surface area contributed by atoms with Gasteiger partial charge in [0.05, 0.1) is 19.1 Å². The minimum Gasteiger partial charge on any atom is -0.466 e. The van der Waals surface area contributed by atoms with Crippen LogP contribution in [0.15, 0.2) is 0 Å². The van der Waals surface area contributed by atoms with Crippen molar-refractivity contribution in [1.82, 2.24) is 0 Å². The summed E-state index contributed by atoms with van der Waals surface area (Å²) in [6, 6.07) is 0. The molecule has 0 bridgehead atoms. The molecular formula is C9H18O3. The SMILES string of the molecule is CCCC[C@@H](O)CC(=O)OCC. The first kappa shape index (κ1) is 11.4. The van der Waals surface area contributed by atoms with Gasteiger partial charge in [0.15, 0.2) is 0 Å². The van der Waals surface area contributed by atoms with Gasteiger partial charge >= 0.3 is 5.97 Å². The fraction of sp³-hybridized carbons (Fsp3) is 0.889. The molecule has 1 N–H and O–H groups in total. The maximum Gasteiger partial charge on any atom is 0.308 e. The summed E-state index contributed by atoms with van der Waals surface area (Å²) in [7, 11) is 0. The summed E-state index contributed by atoms with van der Waals surface area (Å²) in [6.45, 7) is 4.20. The van der Waals surface area contributed by atoms with Gasteiger partial charge in [0.2, 0.25) is 0 Å². The summed E-state index contributed by atoms with van der Waals surface area (Å²) < 4.78 is 4.69. The van der Waals surface area contributed by atoms with E-state index in [0.29, 0.717) is 13.0 Å². The molecule has 0 amide bonds. The summed E-state index contributed by atoms with van der Waals surface area (Å²) >= 11 is 0. The Morgan fingerprint density at radius 1 is 1.50 bits per heavy atom. The second kappa shape index (κ2) is 7.10. The molecule has 0 rings (SSSR count). The van der Waals surface area contributed by atoms with Crippen LogP contribution in [0.2, 0.25) is 0 Å². The smallest absolute Gasteiger partial charge is 0.308 e. The quantitative estimate of drug-likeness (QED) is 0.620. The summed E-state index contributed by atoms with van der Waals surface area (Å²) in [4.78, 5) is 10.8. The van der Waals surface area contributed by atoms with Gasteiger partial charge in [-0.05, 0) is 13.3 Å². The van der Waals surface area contributed by atoms with E-state index < -0.39 is 6.10 Å². The number of carbonyl (C=O) groups excluding carboxylic acids is 1. The zero-order valence-corrected chi connectivity index (χ0v) is 7.88. The Labute approximate surface area is 73.7 Å². The molecule has 0 saturated carbocycles. The first-order chi connectivity index (χ1) is 5.70. The van der Waals surface area contributed by atoms with Crippen LogP contribution in [0.1, 0.15) is 39.5 Å². The number of carbonyl (C=O) groups is 1. The normalized spacial score (nSPS) is 12.6. The average molecular weight is 174 g/mol. The second-order valence-corrected chi connectivity index (χ2v) is 2.81. The molecule has 3 nitrogen and oxygen atoms in total. The first-order valence-corrected chi connectivity index (χ1v) is 4.54. The molecule has 0 aliphatic carbocycles. The van der Waals surface area contributed by atoms with Gasteiger partial charge < -0.3 is 9.84 Å².